The van der Waals surface area contributed by atoms with Gasteiger partial charge in [0, 0.05) is 24.0 Å². The van der Waals surface area contributed by atoms with E-state index in [0.29, 0.717) is 9.88 Å². The summed E-state index contributed by atoms with van der Waals surface area (Å²) < 4.78 is 0. The smallest absolute Gasteiger partial charge is 0.265 e. The monoisotopic (exact) mass is 262 g/mol. The number of aromatic nitrogens is 2. The lowest BCUT2D eigenvalue weighted by Gasteiger charge is -2.06. The maximum absolute atomic E-state index is 11.9. The molecule has 0 saturated heterocycles. The van der Waals surface area contributed by atoms with Crippen LogP contribution in [0.5, 0.6) is 0 Å². The Kier molecular flexibility index (Phi) is 3.57. The van der Waals surface area contributed by atoms with Crippen molar-refractivity contribution in [3.8, 4) is 10.6 Å². The van der Waals surface area contributed by atoms with Crippen molar-refractivity contribution in [1.29, 1.82) is 0 Å². The molecule has 2 aromatic heterocycles. The highest BCUT2D eigenvalue weighted by atomic mass is 32.1. The predicted molar refractivity (Wildman–Crippen MR) is 72.4 cm³/mol. The summed E-state index contributed by atoms with van der Waals surface area (Å²) in [5.41, 5.74) is 6.63. The number of nitrogens with one attached hydrogen (secondary N) is 1. The van der Waals surface area contributed by atoms with Gasteiger partial charge in [0.2, 0.25) is 0 Å². The molecule has 0 saturated carbocycles. The summed E-state index contributed by atoms with van der Waals surface area (Å²) in [4.78, 5) is 20.6. The van der Waals surface area contributed by atoms with Crippen molar-refractivity contribution in [2.24, 2.45) is 0 Å². The summed E-state index contributed by atoms with van der Waals surface area (Å²) in [5, 5.41) is 3.50. The summed E-state index contributed by atoms with van der Waals surface area (Å²) in [7, 11) is 0. The van der Waals surface area contributed by atoms with Crippen molar-refractivity contribution in [2.45, 2.75) is 19.9 Å². The number of anilines is 1. The molecule has 2 rings (SSSR count). The van der Waals surface area contributed by atoms with Crippen LogP contribution >= 0.6 is 11.3 Å². The molecule has 0 atom stereocenters. The Balaban J connectivity index is 2.30. The minimum Gasteiger partial charge on any atom is -0.382 e. The number of rotatable bonds is 3. The Morgan fingerprint density at radius 2 is 2.28 bits per heavy atom. The Morgan fingerprint density at radius 3 is 2.89 bits per heavy atom. The molecule has 0 aromatic carbocycles. The Morgan fingerprint density at radius 1 is 1.50 bits per heavy atom. The number of hydrogen-bond donors (Lipinski definition) is 2. The summed E-state index contributed by atoms with van der Waals surface area (Å²) >= 11 is 1.27. The van der Waals surface area contributed by atoms with Crippen LogP contribution < -0.4 is 11.1 Å². The van der Waals surface area contributed by atoms with E-state index in [1.54, 1.807) is 12.4 Å². The first-order valence-corrected chi connectivity index (χ1v) is 6.37. The molecule has 2 heterocycles. The van der Waals surface area contributed by atoms with Crippen molar-refractivity contribution in [1.82, 2.24) is 15.3 Å². The third kappa shape index (κ3) is 2.65. The zero-order valence-electron chi connectivity index (χ0n) is 10.2. The highest BCUT2D eigenvalue weighted by Gasteiger charge is 2.17. The van der Waals surface area contributed by atoms with Crippen LogP contribution in [0, 0.1) is 0 Å². The van der Waals surface area contributed by atoms with E-state index in [9.17, 15) is 4.79 Å². The summed E-state index contributed by atoms with van der Waals surface area (Å²) in [5.74, 6) is 0.0761. The molecule has 1 amide bonds. The molecular weight excluding hydrogens is 248 g/mol. The molecule has 0 aliphatic carbocycles. The molecule has 0 aliphatic heterocycles. The van der Waals surface area contributed by atoms with Gasteiger partial charge >= 0.3 is 0 Å². The van der Waals surface area contributed by atoms with Crippen molar-refractivity contribution < 1.29 is 4.79 Å². The van der Waals surface area contributed by atoms with Crippen LogP contribution in [0.2, 0.25) is 0 Å². The van der Waals surface area contributed by atoms with Gasteiger partial charge in [0.15, 0.2) is 0 Å². The summed E-state index contributed by atoms with van der Waals surface area (Å²) in [6.45, 7) is 3.80. The Bertz CT molecular complexity index is 550. The second kappa shape index (κ2) is 5.14. The van der Waals surface area contributed by atoms with Gasteiger partial charge < -0.3 is 11.1 Å². The molecule has 6 heteroatoms. The molecule has 0 aliphatic rings. The second-order valence-electron chi connectivity index (χ2n) is 4.10. The molecule has 2 aromatic rings. The number of amides is 1. The quantitative estimate of drug-likeness (QED) is 0.885. The van der Waals surface area contributed by atoms with E-state index in [0.717, 1.165) is 5.56 Å². The maximum atomic E-state index is 11.9. The first-order chi connectivity index (χ1) is 8.58. The number of carbonyl (C=O) groups is 1. The summed E-state index contributed by atoms with van der Waals surface area (Å²) in [6, 6.07) is 3.77. The number of nitrogen functional groups attached to an aromatic ring is 1. The molecule has 3 N–H and O–H groups in total. The number of nitrogens with zero attached hydrogens (tertiary/aromatic N) is 2. The van der Waals surface area contributed by atoms with Crippen LogP contribution in [0.4, 0.5) is 5.82 Å². The highest BCUT2D eigenvalue weighted by Crippen LogP contribution is 2.28. The molecule has 0 bridgehead atoms. The lowest BCUT2D eigenvalue weighted by molar-refractivity contribution is 0.0948. The molecule has 0 unspecified atom stereocenters. The molecule has 5 nitrogen and oxygen atoms in total. The maximum Gasteiger partial charge on any atom is 0.265 e. The zero-order valence-corrected chi connectivity index (χ0v) is 11.0. The van der Waals surface area contributed by atoms with E-state index in [-0.39, 0.29) is 17.8 Å². The van der Waals surface area contributed by atoms with Gasteiger partial charge in [-0.1, -0.05) is 0 Å². The standard InChI is InChI=1S/C12H14N4OS/c1-7(2)15-11(17)9-10(13)16-12(18-9)8-4-3-5-14-6-8/h3-7H,13H2,1-2H3,(H,15,17). The van der Waals surface area contributed by atoms with Crippen LogP contribution in [-0.4, -0.2) is 21.9 Å². The van der Waals surface area contributed by atoms with Crippen molar-refractivity contribution in [3.05, 3.63) is 29.4 Å². The lowest BCUT2D eigenvalue weighted by Crippen LogP contribution is -2.29. The van der Waals surface area contributed by atoms with Gasteiger partial charge in [0.25, 0.3) is 5.91 Å². The Labute approximate surface area is 109 Å². The van der Waals surface area contributed by atoms with E-state index < -0.39 is 0 Å². The highest BCUT2D eigenvalue weighted by molar-refractivity contribution is 7.17. The molecule has 94 valence electrons. The van der Waals surface area contributed by atoms with E-state index in [1.807, 2.05) is 26.0 Å². The number of nitrogens with two attached hydrogens (primary N) is 1. The minimum absolute atomic E-state index is 0.0702. The van der Waals surface area contributed by atoms with E-state index in [1.165, 1.54) is 11.3 Å². The number of hydrogen-bond acceptors (Lipinski definition) is 5. The van der Waals surface area contributed by atoms with Crippen LogP contribution in [0.3, 0.4) is 0 Å². The third-order valence-corrected chi connectivity index (χ3v) is 3.31. The molecule has 0 radical (unpaired) electrons. The molecule has 0 fully saturated rings. The first-order valence-electron chi connectivity index (χ1n) is 5.55. The topological polar surface area (TPSA) is 80.9 Å². The van der Waals surface area contributed by atoms with E-state index >= 15 is 0 Å². The van der Waals surface area contributed by atoms with Gasteiger partial charge in [-0.3, -0.25) is 9.78 Å². The van der Waals surface area contributed by atoms with Gasteiger partial charge in [-0.2, -0.15) is 0 Å². The fourth-order valence-electron chi connectivity index (χ4n) is 1.44. The predicted octanol–water partition coefficient (Wildman–Crippen LogP) is 1.93. The van der Waals surface area contributed by atoms with Gasteiger partial charge in [0.1, 0.15) is 15.7 Å². The van der Waals surface area contributed by atoms with Gasteiger partial charge in [-0.15, -0.1) is 11.3 Å². The van der Waals surface area contributed by atoms with Gasteiger partial charge in [-0.05, 0) is 26.0 Å². The largest absolute Gasteiger partial charge is 0.382 e. The van der Waals surface area contributed by atoms with Crippen molar-refractivity contribution in [2.75, 3.05) is 5.73 Å². The first kappa shape index (κ1) is 12.5. The Hall–Kier alpha value is -1.95. The number of pyridine rings is 1. The summed E-state index contributed by atoms with van der Waals surface area (Å²) in [6.07, 6.45) is 3.38. The minimum atomic E-state index is -0.185. The second-order valence-corrected chi connectivity index (χ2v) is 5.10. The molecule has 0 spiro atoms. The lowest BCUT2D eigenvalue weighted by atomic mass is 10.3. The van der Waals surface area contributed by atoms with Crippen LogP contribution in [0.15, 0.2) is 24.5 Å². The molecule has 18 heavy (non-hydrogen) atoms. The average molecular weight is 262 g/mol. The number of carbonyl (C=O) groups excluding carboxylic acids is 1. The van der Waals surface area contributed by atoms with E-state index in [4.69, 9.17) is 5.73 Å². The fraction of sp³-hybridized carbons (Fsp3) is 0.250. The normalized spacial score (nSPS) is 10.6. The third-order valence-electron chi connectivity index (χ3n) is 2.19. The van der Waals surface area contributed by atoms with Gasteiger partial charge in [0.05, 0.1) is 0 Å². The SMILES string of the molecule is CC(C)NC(=O)c1sc(-c2cccnc2)nc1N. The van der Waals surface area contributed by atoms with Gasteiger partial charge in [-0.25, -0.2) is 4.98 Å². The zero-order chi connectivity index (χ0) is 13.1. The number of thiazole rings is 1. The fourth-order valence-corrected chi connectivity index (χ4v) is 2.31. The molecular formula is C12H14N4OS. The van der Waals surface area contributed by atoms with Crippen LogP contribution in [0.1, 0.15) is 23.5 Å². The van der Waals surface area contributed by atoms with Crippen LogP contribution in [-0.2, 0) is 0 Å². The van der Waals surface area contributed by atoms with Crippen LogP contribution in [0.25, 0.3) is 10.6 Å². The average Bonchev–Trinajstić information content (AvgIpc) is 2.72. The van der Waals surface area contributed by atoms with Crippen molar-refractivity contribution in [3.63, 3.8) is 0 Å². The van der Waals surface area contributed by atoms with Crippen molar-refractivity contribution >= 4 is 23.1 Å². The van der Waals surface area contributed by atoms with E-state index in [2.05, 4.69) is 15.3 Å².